The lowest BCUT2D eigenvalue weighted by atomic mass is 9.47. The molecule has 2 bridgehead atoms. The predicted octanol–water partition coefficient (Wildman–Crippen LogP) is 4.54. The summed E-state index contributed by atoms with van der Waals surface area (Å²) >= 11 is 0. The number of hydrogen-bond acceptors (Lipinski definition) is 2. The van der Waals surface area contributed by atoms with Crippen LogP contribution < -0.4 is 0 Å². The minimum Gasteiger partial charge on any atom is -0.186 e. The van der Waals surface area contributed by atoms with Gasteiger partial charge in [-0.1, -0.05) is 31.2 Å². The third kappa shape index (κ3) is 1.33. The Kier molecular flexibility index (Phi) is 2.44. The standard InChI is InChI=1S/C15H24N2/c1-10(2)12-13(5)8-9-14(6,17-16-13)15(12,7)11(3)4/h12H,1,3,8-9H2,2,4-7H3/t12-,13-,14+,15-/m1/s1. The van der Waals surface area contributed by atoms with Crippen LogP contribution in [-0.2, 0) is 0 Å². The molecule has 2 aliphatic heterocycles. The molecule has 0 unspecified atom stereocenters. The molecule has 0 saturated heterocycles. The van der Waals surface area contributed by atoms with Crippen LogP contribution in [0.25, 0.3) is 0 Å². The van der Waals surface area contributed by atoms with Crippen molar-refractivity contribution in [2.75, 3.05) is 0 Å². The van der Waals surface area contributed by atoms with E-state index in [2.05, 4.69) is 58.0 Å². The first-order valence-corrected chi connectivity index (χ1v) is 6.43. The molecule has 2 heterocycles. The average Bonchev–Trinajstić information content (AvgIpc) is 2.20. The second kappa shape index (κ2) is 3.30. The Bertz CT molecular complexity index is 423. The molecule has 17 heavy (non-hydrogen) atoms. The maximum Gasteiger partial charge on any atom is 0.0885 e. The highest BCUT2D eigenvalue weighted by Crippen LogP contribution is 2.63. The summed E-state index contributed by atoms with van der Waals surface area (Å²) in [6.45, 7) is 19.4. The number of azo groups is 1. The van der Waals surface area contributed by atoms with Crippen molar-refractivity contribution in [2.24, 2.45) is 21.6 Å². The van der Waals surface area contributed by atoms with Crippen LogP contribution in [0.5, 0.6) is 0 Å². The molecule has 3 rings (SSSR count). The number of rotatable bonds is 2. The Morgan fingerprint density at radius 3 is 1.94 bits per heavy atom. The second-order valence-electron chi connectivity index (χ2n) is 6.59. The van der Waals surface area contributed by atoms with Crippen LogP contribution in [-0.4, -0.2) is 11.1 Å². The average molecular weight is 232 g/mol. The fourth-order valence-electron chi connectivity index (χ4n) is 4.05. The molecule has 0 amide bonds. The summed E-state index contributed by atoms with van der Waals surface area (Å²) in [5, 5.41) is 9.24. The second-order valence-corrected chi connectivity index (χ2v) is 6.59. The molecule has 0 aromatic heterocycles. The van der Waals surface area contributed by atoms with Gasteiger partial charge in [0.15, 0.2) is 0 Å². The van der Waals surface area contributed by atoms with Gasteiger partial charge in [-0.25, -0.2) is 0 Å². The van der Waals surface area contributed by atoms with Crippen molar-refractivity contribution in [2.45, 2.75) is 58.5 Å². The van der Waals surface area contributed by atoms with Crippen LogP contribution in [0, 0.1) is 11.3 Å². The van der Waals surface area contributed by atoms with Crippen molar-refractivity contribution < 1.29 is 0 Å². The zero-order valence-electron chi connectivity index (χ0n) is 11.8. The molecule has 2 nitrogen and oxygen atoms in total. The molecule has 0 radical (unpaired) electrons. The van der Waals surface area contributed by atoms with Gasteiger partial charge in [0.1, 0.15) is 0 Å². The molecule has 0 N–H and O–H groups in total. The zero-order valence-corrected chi connectivity index (χ0v) is 11.8. The monoisotopic (exact) mass is 232 g/mol. The van der Waals surface area contributed by atoms with E-state index >= 15 is 0 Å². The van der Waals surface area contributed by atoms with Gasteiger partial charge in [0, 0.05) is 11.3 Å². The van der Waals surface area contributed by atoms with Gasteiger partial charge in [-0.15, -0.1) is 0 Å². The van der Waals surface area contributed by atoms with E-state index in [1.807, 2.05) is 0 Å². The van der Waals surface area contributed by atoms with Gasteiger partial charge in [0.25, 0.3) is 0 Å². The molecule has 0 spiro atoms. The van der Waals surface area contributed by atoms with Crippen molar-refractivity contribution in [1.82, 2.24) is 0 Å². The van der Waals surface area contributed by atoms with E-state index in [0.717, 1.165) is 12.8 Å². The van der Waals surface area contributed by atoms with E-state index in [1.165, 1.54) is 11.1 Å². The summed E-state index contributed by atoms with van der Waals surface area (Å²) < 4.78 is 0. The fourth-order valence-corrected chi connectivity index (χ4v) is 4.05. The van der Waals surface area contributed by atoms with E-state index in [9.17, 15) is 0 Å². The predicted molar refractivity (Wildman–Crippen MR) is 72.1 cm³/mol. The van der Waals surface area contributed by atoms with Crippen LogP contribution in [0.3, 0.4) is 0 Å². The molecular weight excluding hydrogens is 208 g/mol. The van der Waals surface area contributed by atoms with Gasteiger partial charge in [-0.05, 0) is 40.5 Å². The molecule has 0 aromatic rings. The number of fused-ring (bicyclic) bond motifs is 2. The van der Waals surface area contributed by atoms with Crippen molar-refractivity contribution in [1.29, 1.82) is 0 Å². The Morgan fingerprint density at radius 2 is 1.65 bits per heavy atom. The largest absolute Gasteiger partial charge is 0.186 e. The Labute approximate surface area is 105 Å². The topological polar surface area (TPSA) is 24.7 Å². The van der Waals surface area contributed by atoms with Gasteiger partial charge >= 0.3 is 0 Å². The highest BCUT2D eigenvalue weighted by atomic mass is 15.2. The van der Waals surface area contributed by atoms with Crippen LogP contribution >= 0.6 is 0 Å². The van der Waals surface area contributed by atoms with E-state index in [0.29, 0.717) is 5.92 Å². The van der Waals surface area contributed by atoms with E-state index in [-0.39, 0.29) is 16.5 Å². The Morgan fingerprint density at radius 1 is 1.06 bits per heavy atom. The summed E-state index contributed by atoms with van der Waals surface area (Å²) in [5.74, 6) is 0.351. The smallest absolute Gasteiger partial charge is 0.0885 e. The first-order valence-electron chi connectivity index (χ1n) is 6.43. The van der Waals surface area contributed by atoms with Crippen LogP contribution in [0.15, 0.2) is 34.5 Å². The van der Waals surface area contributed by atoms with Gasteiger partial charge in [-0.3, -0.25) is 0 Å². The van der Waals surface area contributed by atoms with Gasteiger partial charge < -0.3 is 0 Å². The highest BCUT2D eigenvalue weighted by molar-refractivity contribution is 5.32. The SMILES string of the molecule is C=C(C)[C@@H]1[C@@]2(C)CC[C@](C)(N=N2)[C@]1(C)C(=C)C. The Hall–Kier alpha value is -0.920. The van der Waals surface area contributed by atoms with E-state index in [4.69, 9.17) is 0 Å². The normalized spacial score (nSPS) is 48.2. The third-order valence-electron chi connectivity index (χ3n) is 5.31. The first-order chi connectivity index (χ1) is 7.67. The highest BCUT2D eigenvalue weighted by Gasteiger charge is 2.63. The minimum absolute atomic E-state index is 0.0203. The number of hydrogen-bond donors (Lipinski definition) is 0. The molecule has 3 aliphatic rings. The first kappa shape index (κ1) is 12.5. The zero-order chi connectivity index (χ0) is 13.1. The molecule has 1 aliphatic carbocycles. The molecule has 94 valence electrons. The van der Waals surface area contributed by atoms with E-state index in [1.54, 1.807) is 0 Å². The molecule has 1 saturated carbocycles. The van der Waals surface area contributed by atoms with Gasteiger partial charge in [0.05, 0.1) is 11.1 Å². The van der Waals surface area contributed by atoms with Crippen LogP contribution in [0.1, 0.15) is 47.5 Å². The van der Waals surface area contributed by atoms with Crippen LogP contribution in [0.2, 0.25) is 0 Å². The summed E-state index contributed by atoms with van der Waals surface area (Å²) in [6, 6.07) is 0. The summed E-state index contributed by atoms with van der Waals surface area (Å²) in [4.78, 5) is 0. The maximum absolute atomic E-state index is 4.63. The molecule has 1 fully saturated rings. The van der Waals surface area contributed by atoms with Crippen molar-refractivity contribution >= 4 is 0 Å². The minimum atomic E-state index is -0.111. The van der Waals surface area contributed by atoms with Gasteiger partial charge in [-0.2, -0.15) is 10.2 Å². The maximum atomic E-state index is 4.63. The third-order valence-corrected chi connectivity index (χ3v) is 5.31. The molecule has 4 atom stereocenters. The summed E-state index contributed by atoms with van der Waals surface area (Å²) in [5.41, 5.74) is 2.20. The lowest BCUT2D eigenvalue weighted by molar-refractivity contribution is -0.0132. The fraction of sp³-hybridized carbons (Fsp3) is 0.733. The number of nitrogens with zero attached hydrogens (tertiary/aromatic N) is 2. The molecule has 0 aromatic carbocycles. The lowest BCUT2D eigenvalue weighted by Crippen LogP contribution is -2.62. The van der Waals surface area contributed by atoms with Crippen LogP contribution in [0.4, 0.5) is 0 Å². The quantitative estimate of drug-likeness (QED) is 0.624. The van der Waals surface area contributed by atoms with Crippen molar-refractivity contribution in [3.05, 3.63) is 24.3 Å². The molecular formula is C15H24N2. The summed E-state index contributed by atoms with van der Waals surface area (Å²) in [6.07, 6.45) is 2.20. The van der Waals surface area contributed by atoms with E-state index < -0.39 is 0 Å². The van der Waals surface area contributed by atoms with Crippen molar-refractivity contribution in [3.8, 4) is 0 Å². The molecule has 2 heteroatoms. The lowest BCUT2D eigenvalue weighted by Gasteiger charge is -2.61. The van der Waals surface area contributed by atoms with Gasteiger partial charge in [0.2, 0.25) is 0 Å². The Balaban J connectivity index is 2.67. The summed E-state index contributed by atoms with van der Waals surface area (Å²) in [7, 11) is 0. The van der Waals surface area contributed by atoms with Crippen molar-refractivity contribution in [3.63, 3.8) is 0 Å².